The molecule has 2 rings (SSSR count). The molecule has 2 N–H and O–H groups in total. The number of carbonyl (C=O) groups excluding carboxylic acids is 1. The van der Waals surface area contributed by atoms with E-state index in [2.05, 4.69) is 6.92 Å². The zero-order valence-electron chi connectivity index (χ0n) is 16.5. The quantitative estimate of drug-likeness (QED) is 0.506. The van der Waals surface area contributed by atoms with E-state index in [1.165, 1.54) is 12.8 Å². The highest BCUT2D eigenvalue weighted by Gasteiger charge is 2.34. The van der Waals surface area contributed by atoms with Gasteiger partial charge in [-0.25, -0.2) is 0 Å². The topological polar surface area (TPSA) is 74.6 Å². The monoisotopic (exact) mass is 366 g/mol. The number of rotatable bonds is 11. The summed E-state index contributed by atoms with van der Waals surface area (Å²) >= 11 is 0. The van der Waals surface area contributed by atoms with Crippen molar-refractivity contribution in [2.75, 3.05) is 0 Å². The highest BCUT2D eigenvalue weighted by Crippen LogP contribution is 2.38. The molecule has 4 nitrogen and oxygen atoms in total. The van der Waals surface area contributed by atoms with Crippen molar-refractivity contribution in [1.29, 1.82) is 0 Å². The fourth-order valence-electron chi connectivity index (χ4n) is 5.00. The zero-order chi connectivity index (χ0) is 18.9. The third-order valence-electron chi connectivity index (χ3n) is 6.84. The van der Waals surface area contributed by atoms with Crippen molar-refractivity contribution in [2.45, 2.75) is 103 Å². The Balaban J connectivity index is 1.65. The van der Waals surface area contributed by atoms with Gasteiger partial charge in [0.15, 0.2) is 0 Å². The number of carbonyl (C=O) groups is 2. The molecule has 2 fully saturated rings. The van der Waals surface area contributed by atoms with E-state index in [9.17, 15) is 14.7 Å². The highest BCUT2D eigenvalue weighted by atomic mass is 16.4. The summed E-state index contributed by atoms with van der Waals surface area (Å²) in [5.74, 6) is 1.62. The van der Waals surface area contributed by atoms with Gasteiger partial charge in [-0.1, -0.05) is 39.0 Å². The maximum atomic E-state index is 12.2. The summed E-state index contributed by atoms with van der Waals surface area (Å²) < 4.78 is 0. The second kappa shape index (κ2) is 11.1. The van der Waals surface area contributed by atoms with Crippen molar-refractivity contribution >= 4 is 11.8 Å². The molecule has 1 unspecified atom stereocenters. The summed E-state index contributed by atoms with van der Waals surface area (Å²) in [4.78, 5) is 22.8. The minimum Gasteiger partial charge on any atom is -0.481 e. The van der Waals surface area contributed by atoms with Crippen LogP contribution < -0.4 is 0 Å². The first-order chi connectivity index (χ1) is 12.5. The fourth-order valence-corrected chi connectivity index (χ4v) is 5.00. The lowest BCUT2D eigenvalue weighted by Gasteiger charge is -2.30. The van der Waals surface area contributed by atoms with Crippen molar-refractivity contribution in [1.82, 2.24) is 0 Å². The lowest BCUT2D eigenvalue weighted by molar-refractivity contribution is -0.137. The Morgan fingerprint density at radius 1 is 1.04 bits per heavy atom. The molecule has 3 atom stereocenters. The van der Waals surface area contributed by atoms with Crippen LogP contribution in [-0.4, -0.2) is 28.1 Å². The number of aliphatic carboxylic acids is 1. The molecule has 0 bridgehead atoms. The van der Waals surface area contributed by atoms with Crippen molar-refractivity contribution in [3.05, 3.63) is 0 Å². The van der Waals surface area contributed by atoms with Crippen molar-refractivity contribution in [2.24, 2.45) is 23.7 Å². The number of hydrogen-bond acceptors (Lipinski definition) is 3. The summed E-state index contributed by atoms with van der Waals surface area (Å²) in [7, 11) is 0. The van der Waals surface area contributed by atoms with E-state index in [0.717, 1.165) is 70.1 Å². The normalized spacial score (nSPS) is 30.5. The van der Waals surface area contributed by atoms with Crippen LogP contribution in [0.2, 0.25) is 0 Å². The molecule has 0 aromatic heterocycles. The van der Waals surface area contributed by atoms with E-state index in [1.54, 1.807) is 0 Å². The average molecular weight is 367 g/mol. The van der Waals surface area contributed by atoms with Gasteiger partial charge in [0.1, 0.15) is 5.78 Å². The van der Waals surface area contributed by atoms with Gasteiger partial charge in [-0.3, -0.25) is 9.59 Å². The molecule has 2 saturated carbocycles. The molecular weight excluding hydrogens is 328 g/mol. The predicted molar refractivity (Wildman–Crippen MR) is 103 cm³/mol. The third kappa shape index (κ3) is 7.02. The first-order valence-corrected chi connectivity index (χ1v) is 10.9. The van der Waals surface area contributed by atoms with Gasteiger partial charge >= 0.3 is 5.97 Å². The van der Waals surface area contributed by atoms with Gasteiger partial charge in [-0.05, 0) is 62.7 Å². The molecule has 0 saturated heterocycles. The van der Waals surface area contributed by atoms with Gasteiger partial charge in [0.25, 0.3) is 0 Å². The van der Waals surface area contributed by atoms with Crippen LogP contribution in [0.3, 0.4) is 0 Å². The van der Waals surface area contributed by atoms with E-state index in [-0.39, 0.29) is 18.4 Å². The summed E-state index contributed by atoms with van der Waals surface area (Å²) in [6.45, 7) is 2.30. The maximum absolute atomic E-state index is 12.2. The van der Waals surface area contributed by atoms with Gasteiger partial charge in [-0.15, -0.1) is 0 Å². The summed E-state index contributed by atoms with van der Waals surface area (Å²) in [5.41, 5.74) is 0. The lowest BCUT2D eigenvalue weighted by Crippen LogP contribution is -2.26. The smallest absolute Gasteiger partial charge is 0.303 e. The Hall–Kier alpha value is -0.900. The van der Waals surface area contributed by atoms with Crippen molar-refractivity contribution in [3.63, 3.8) is 0 Å². The first kappa shape index (κ1) is 21.4. The fraction of sp³-hybridized carbons (Fsp3) is 0.909. The van der Waals surface area contributed by atoms with Crippen molar-refractivity contribution < 1.29 is 19.8 Å². The number of aliphatic hydroxyl groups excluding tert-OH is 1. The molecule has 0 spiro atoms. The minimum atomic E-state index is -0.720. The number of Topliss-reactive ketones (excluding diaryl/α,β-unsaturated/α-hetero) is 1. The molecule has 0 aromatic rings. The molecule has 0 radical (unpaired) electrons. The van der Waals surface area contributed by atoms with E-state index in [0.29, 0.717) is 24.0 Å². The summed E-state index contributed by atoms with van der Waals surface area (Å²) in [5, 5.41) is 19.2. The molecule has 4 heteroatoms. The van der Waals surface area contributed by atoms with E-state index < -0.39 is 5.97 Å². The second-order valence-electron chi connectivity index (χ2n) is 8.88. The Kier molecular flexibility index (Phi) is 9.10. The number of carboxylic acid groups (broad SMARTS) is 1. The Bertz CT molecular complexity index is 439. The zero-order valence-corrected chi connectivity index (χ0v) is 16.5. The molecule has 26 heavy (non-hydrogen) atoms. The van der Waals surface area contributed by atoms with Gasteiger partial charge in [-0.2, -0.15) is 0 Å². The predicted octanol–water partition coefficient (Wildman–Crippen LogP) is 4.97. The highest BCUT2D eigenvalue weighted by molar-refractivity contribution is 5.83. The number of unbranched alkanes of at least 4 members (excludes halogenated alkanes) is 3. The Morgan fingerprint density at radius 3 is 2.42 bits per heavy atom. The molecule has 2 aliphatic rings. The molecule has 0 aliphatic heterocycles. The number of ketones is 1. The van der Waals surface area contributed by atoms with Gasteiger partial charge in [0, 0.05) is 18.8 Å². The third-order valence-corrected chi connectivity index (χ3v) is 6.84. The van der Waals surface area contributed by atoms with Gasteiger partial charge in [0.2, 0.25) is 0 Å². The average Bonchev–Trinajstić information content (AvgIpc) is 2.96. The second-order valence-corrected chi connectivity index (χ2v) is 8.88. The van der Waals surface area contributed by atoms with E-state index in [1.807, 2.05) is 0 Å². The number of hydrogen-bond donors (Lipinski definition) is 2. The van der Waals surface area contributed by atoms with Crippen LogP contribution >= 0.6 is 0 Å². The van der Waals surface area contributed by atoms with Crippen LogP contribution in [0, 0.1) is 23.7 Å². The van der Waals surface area contributed by atoms with Crippen LogP contribution in [0.5, 0.6) is 0 Å². The maximum Gasteiger partial charge on any atom is 0.303 e. The standard InChI is InChI=1S/C22H38O4/c1-16-8-10-18(11-9-16)20(23)14-12-17-13-15-21(24)19(17)6-4-2-3-5-7-22(25)26/h16-20,23H,2-15H2,1H3,(H,25,26)/t16?,17-,18?,19+,20?/m0/s1. The van der Waals surface area contributed by atoms with Crippen LogP contribution in [0.1, 0.15) is 96.8 Å². The number of carboxylic acids is 1. The lowest BCUT2D eigenvalue weighted by atomic mass is 9.78. The molecule has 0 aromatic carbocycles. The van der Waals surface area contributed by atoms with E-state index >= 15 is 0 Å². The van der Waals surface area contributed by atoms with E-state index in [4.69, 9.17) is 5.11 Å². The molecule has 2 aliphatic carbocycles. The van der Waals surface area contributed by atoms with Crippen molar-refractivity contribution in [3.8, 4) is 0 Å². The number of aliphatic hydroxyl groups is 1. The van der Waals surface area contributed by atoms with Crippen LogP contribution in [-0.2, 0) is 9.59 Å². The minimum absolute atomic E-state index is 0.185. The van der Waals surface area contributed by atoms with Crippen LogP contribution in [0.15, 0.2) is 0 Å². The largest absolute Gasteiger partial charge is 0.481 e. The molecular formula is C22H38O4. The SMILES string of the molecule is CC1CCC(C(O)CC[C@H]2CCC(=O)[C@@H]2CCCCCCC(=O)O)CC1. The molecule has 0 heterocycles. The summed E-state index contributed by atoms with van der Waals surface area (Å²) in [6, 6.07) is 0. The van der Waals surface area contributed by atoms with Crippen LogP contribution in [0.4, 0.5) is 0 Å². The molecule has 150 valence electrons. The Morgan fingerprint density at radius 2 is 1.73 bits per heavy atom. The van der Waals surface area contributed by atoms with Crippen LogP contribution in [0.25, 0.3) is 0 Å². The summed E-state index contributed by atoms with van der Waals surface area (Å²) in [6.07, 6.45) is 13.1. The Labute approximate surface area is 158 Å². The molecule has 0 amide bonds. The van der Waals surface area contributed by atoms with Gasteiger partial charge < -0.3 is 10.2 Å². The first-order valence-electron chi connectivity index (χ1n) is 10.9. The van der Waals surface area contributed by atoms with Gasteiger partial charge in [0.05, 0.1) is 6.10 Å².